The van der Waals surface area contributed by atoms with E-state index in [1.807, 2.05) is 0 Å². The molecule has 2 rings (SSSR count). The molecule has 0 heterocycles. The SMILES string of the molecule is Nc1ccc(SC2CCCCC2)c(C(F)(F)F)c1. The van der Waals surface area contributed by atoms with Crippen molar-refractivity contribution in [3.8, 4) is 0 Å². The number of alkyl halides is 3. The van der Waals surface area contributed by atoms with E-state index in [1.54, 1.807) is 6.07 Å². The summed E-state index contributed by atoms with van der Waals surface area (Å²) in [6.07, 6.45) is 1.12. The van der Waals surface area contributed by atoms with Crippen LogP contribution >= 0.6 is 11.8 Å². The van der Waals surface area contributed by atoms with E-state index < -0.39 is 11.7 Å². The van der Waals surface area contributed by atoms with Gasteiger partial charge in [0.05, 0.1) is 5.56 Å². The molecule has 1 saturated carbocycles. The molecule has 2 N–H and O–H groups in total. The number of thioether (sulfide) groups is 1. The summed E-state index contributed by atoms with van der Waals surface area (Å²) in [6, 6.07) is 4.07. The van der Waals surface area contributed by atoms with Crippen LogP contribution in [-0.2, 0) is 6.18 Å². The molecule has 1 nitrogen and oxygen atoms in total. The molecule has 0 aromatic heterocycles. The van der Waals surface area contributed by atoms with Crippen molar-refractivity contribution in [1.29, 1.82) is 0 Å². The summed E-state index contributed by atoms with van der Waals surface area (Å²) < 4.78 is 38.7. The predicted molar refractivity (Wildman–Crippen MR) is 68.6 cm³/mol. The van der Waals surface area contributed by atoms with E-state index in [1.165, 1.54) is 24.2 Å². The molecule has 1 aliphatic rings. The van der Waals surface area contributed by atoms with Crippen molar-refractivity contribution in [1.82, 2.24) is 0 Å². The van der Waals surface area contributed by atoms with Crippen molar-refractivity contribution >= 4 is 17.4 Å². The third-order valence-electron chi connectivity index (χ3n) is 3.15. The van der Waals surface area contributed by atoms with E-state index >= 15 is 0 Å². The van der Waals surface area contributed by atoms with Gasteiger partial charge in [0.2, 0.25) is 0 Å². The van der Waals surface area contributed by atoms with Crippen LogP contribution in [0.5, 0.6) is 0 Å². The minimum atomic E-state index is -4.33. The van der Waals surface area contributed by atoms with E-state index in [0.717, 1.165) is 31.7 Å². The molecule has 0 saturated heterocycles. The fourth-order valence-corrected chi connectivity index (χ4v) is 3.61. The Morgan fingerprint density at radius 2 is 1.78 bits per heavy atom. The first-order valence-electron chi connectivity index (χ1n) is 6.10. The molecule has 0 bridgehead atoms. The van der Waals surface area contributed by atoms with E-state index in [9.17, 15) is 13.2 Å². The molecule has 0 aliphatic heterocycles. The van der Waals surface area contributed by atoms with Crippen LogP contribution in [0.3, 0.4) is 0 Å². The van der Waals surface area contributed by atoms with Crippen LogP contribution in [0, 0.1) is 0 Å². The second-order valence-corrected chi connectivity index (χ2v) is 5.97. The Bertz CT molecular complexity index is 411. The molecule has 1 aromatic rings. The van der Waals surface area contributed by atoms with E-state index in [0.29, 0.717) is 10.1 Å². The summed E-state index contributed by atoms with van der Waals surface area (Å²) in [5.41, 5.74) is 5.01. The summed E-state index contributed by atoms with van der Waals surface area (Å²) in [5, 5.41) is 0.309. The first-order valence-corrected chi connectivity index (χ1v) is 6.98. The van der Waals surface area contributed by atoms with Crippen molar-refractivity contribution in [3.63, 3.8) is 0 Å². The molecule has 0 radical (unpaired) electrons. The van der Waals surface area contributed by atoms with Crippen LogP contribution in [0.2, 0.25) is 0 Å². The summed E-state index contributed by atoms with van der Waals surface area (Å²) in [6.45, 7) is 0. The van der Waals surface area contributed by atoms with Gasteiger partial charge in [0.15, 0.2) is 0 Å². The number of halogens is 3. The molecule has 0 amide bonds. The van der Waals surface area contributed by atoms with Gasteiger partial charge in [0, 0.05) is 15.8 Å². The molecule has 1 fully saturated rings. The molecular formula is C13H16F3NS. The van der Waals surface area contributed by atoms with Gasteiger partial charge in [-0.25, -0.2) is 0 Å². The maximum Gasteiger partial charge on any atom is 0.417 e. The standard InChI is InChI=1S/C13H16F3NS/c14-13(15,16)11-8-9(17)6-7-12(11)18-10-4-2-1-3-5-10/h6-8,10H,1-5,17H2. The summed E-state index contributed by atoms with van der Waals surface area (Å²) in [4.78, 5) is 0.309. The first kappa shape index (κ1) is 13.6. The summed E-state index contributed by atoms with van der Waals surface area (Å²) in [7, 11) is 0. The molecule has 100 valence electrons. The Morgan fingerprint density at radius 3 is 2.39 bits per heavy atom. The fourth-order valence-electron chi connectivity index (χ4n) is 2.23. The number of nitrogen functional groups attached to an aromatic ring is 1. The normalized spacial score (nSPS) is 17.9. The van der Waals surface area contributed by atoms with Crippen LogP contribution in [0.1, 0.15) is 37.7 Å². The third kappa shape index (κ3) is 3.34. The lowest BCUT2D eigenvalue weighted by Crippen LogP contribution is -2.12. The van der Waals surface area contributed by atoms with Gasteiger partial charge in [-0.2, -0.15) is 13.2 Å². The Morgan fingerprint density at radius 1 is 1.11 bits per heavy atom. The van der Waals surface area contributed by atoms with Crippen molar-refractivity contribution in [2.75, 3.05) is 5.73 Å². The molecule has 1 aliphatic carbocycles. The number of benzene rings is 1. The van der Waals surface area contributed by atoms with E-state index in [-0.39, 0.29) is 5.69 Å². The maximum absolute atomic E-state index is 12.9. The van der Waals surface area contributed by atoms with Crippen molar-refractivity contribution in [3.05, 3.63) is 23.8 Å². The van der Waals surface area contributed by atoms with Crippen LogP contribution in [0.4, 0.5) is 18.9 Å². The lowest BCUT2D eigenvalue weighted by Gasteiger charge is -2.22. The molecule has 0 atom stereocenters. The smallest absolute Gasteiger partial charge is 0.399 e. The monoisotopic (exact) mass is 275 g/mol. The highest BCUT2D eigenvalue weighted by atomic mass is 32.2. The zero-order chi connectivity index (χ0) is 13.2. The van der Waals surface area contributed by atoms with Gasteiger partial charge < -0.3 is 5.73 Å². The van der Waals surface area contributed by atoms with Gasteiger partial charge in [0.25, 0.3) is 0 Å². The topological polar surface area (TPSA) is 26.0 Å². The Kier molecular flexibility index (Phi) is 4.10. The van der Waals surface area contributed by atoms with Gasteiger partial charge in [-0.3, -0.25) is 0 Å². The van der Waals surface area contributed by atoms with Gasteiger partial charge in [-0.05, 0) is 31.0 Å². The maximum atomic E-state index is 12.9. The number of anilines is 1. The zero-order valence-electron chi connectivity index (χ0n) is 9.96. The number of rotatable bonds is 2. The van der Waals surface area contributed by atoms with Crippen LogP contribution < -0.4 is 5.73 Å². The summed E-state index contributed by atoms with van der Waals surface area (Å²) >= 11 is 1.35. The second kappa shape index (κ2) is 5.43. The molecule has 0 spiro atoms. The van der Waals surface area contributed by atoms with E-state index in [4.69, 9.17) is 5.73 Å². The van der Waals surface area contributed by atoms with Crippen molar-refractivity contribution < 1.29 is 13.2 Å². The number of hydrogen-bond acceptors (Lipinski definition) is 2. The van der Waals surface area contributed by atoms with Crippen LogP contribution in [-0.4, -0.2) is 5.25 Å². The molecule has 18 heavy (non-hydrogen) atoms. The van der Waals surface area contributed by atoms with Gasteiger partial charge >= 0.3 is 6.18 Å². The summed E-state index contributed by atoms with van der Waals surface area (Å²) in [5.74, 6) is 0. The molecule has 0 unspecified atom stereocenters. The van der Waals surface area contributed by atoms with E-state index in [2.05, 4.69) is 0 Å². The quantitative estimate of drug-likeness (QED) is 0.791. The zero-order valence-corrected chi connectivity index (χ0v) is 10.8. The average molecular weight is 275 g/mol. The van der Waals surface area contributed by atoms with Crippen molar-refractivity contribution in [2.45, 2.75) is 48.4 Å². The lowest BCUT2D eigenvalue weighted by atomic mass is 10.0. The average Bonchev–Trinajstić information content (AvgIpc) is 2.31. The minimum absolute atomic E-state index is 0.162. The molecular weight excluding hydrogens is 259 g/mol. The van der Waals surface area contributed by atoms with Gasteiger partial charge in [0.1, 0.15) is 0 Å². The predicted octanol–water partition coefficient (Wildman–Crippen LogP) is 4.71. The fraction of sp³-hybridized carbons (Fsp3) is 0.538. The lowest BCUT2D eigenvalue weighted by molar-refractivity contribution is -0.139. The first-order chi connectivity index (χ1) is 8.47. The van der Waals surface area contributed by atoms with Crippen molar-refractivity contribution in [2.24, 2.45) is 0 Å². The van der Waals surface area contributed by atoms with Crippen LogP contribution in [0.15, 0.2) is 23.1 Å². The highest BCUT2D eigenvalue weighted by Gasteiger charge is 2.34. The third-order valence-corrected chi connectivity index (χ3v) is 4.57. The Labute approximate surface area is 109 Å². The van der Waals surface area contributed by atoms with Crippen LogP contribution in [0.25, 0.3) is 0 Å². The molecule has 1 aromatic carbocycles. The number of hydrogen-bond donors (Lipinski definition) is 1. The van der Waals surface area contributed by atoms with Gasteiger partial charge in [-0.15, -0.1) is 11.8 Å². The Balaban J connectivity index is 2.21. The van der Waals surface area contributed by atoms with Gasteiger partial charge in [-0.1, -0.05) is 19.3 Å². The second-order valence-electron chi connectivity index (χ2n) is 4.63. The molecule has 5 heteroatoms. The highest BCUT2D eigenvalue weighted by molar-refractivity contribution is 8.00. The minimum Gasteiger partial charge on any atom is -0.399 e. The Hall–Kier alpha value is -0.840. The largest absolute Gasteiger partial charge is 0.417 e. The highest BCUT2D eigenvalue weighted by Crippen LogP contribution is 2.41. The number of nitrogens with two attached hydrogens (primary N) is 1.